The molecule has 0 saturated heterocycles. The second-order valence-corrected chi connectivity index (χ2v) is 7.45. The Morgan fingerprint density at radius 1 is 0.767 bits per heavy atom. The van der Waals surface area contributed by atoms with Crippen LogP contribution in [0.4, 0.5) is 0 Å². The number of methoxy groups -OCH3 is 1. The van der Waals surface area contributed by atoms with Crippen molar-refractivity contribution in [2.75, 3.05) is 34.4 Å². The molecule has 0 unspecified atom stereocenters. The molecule has 0 aliphatic carbocycles. The summed E-state index contributed by atoms with van der Waals surface area (Å²) in [6.45, 7) is 3.64. The Bertz CT molecular complexity index is 972. The van der Waals surface area contributed by atoms with E-state index in [4.69, 9.17) is 9.47 Å². The van der Waals surface area contributed by atoms with E-state index in [-0.39, 0.29) is 5.75 Å². The zero-order chi connectivity index (χ0) is 21.5. The van der Waals surface area contributed by atoms with Crippen molar-refractivity contribution in [1.82, 2.24) is 4.90 Å². The van der Waals surface area contributed by atoms with Gasteiger partial charge in [0, 0.05) is 6.54 Å². The molecule has 4 heteroatoms. The van der Waals surface area contributed by atoms with E-state index in [1.54, 1.807) is 19.2 Å². The number of allylic oxidation sites excluding steroid dienone is 1. The van der Waals surface area contributed by atoms with Gasteiger partial charge in [0.2, 0.25) is 0 Å². The van der Waals surface area contributed by atoms with Crippen molar-refractivity contribution in [3.63, 3.8) is 0 Å². The minimum Gasteiger partial charge on any atom is -0.508 e. The molecule has 4 nitrogen and oxygen atoms in total. The van der Waals surface area contributed by atoms with Gasteiger partial charge in [-0.2, -0.15) is 0 Å². The summed E-state index contributed by atoms with van der Waals surface area (Å²) in [4.78, 5) is 2.10. The maximum atomic E-state index is 9.73. The summed E-state index contributed by atoms with van der Waals surface area (Å²) in [6, 6.07) is 23.6. The third kappa shape index (κ3) is 5.43. The summed E-state index contributed by atoms with van der Waals surface area (Å²) in [6.07, 6.45) is 0. The van der Waals surface area contributed by atoms with Crippen molar-refractivity contribution in [1.29, 1.82) is 0 Å². The summed E-state index contributed by atoms with van der Waals surface area (Å²) >= 11 is 0. The molecular weight excluding hydrogens is 374 g/mol. The molecule has 0 saturated carbocycles. The smallest absolute Gasteiger partial charge is 0.119 e. The summed E-state index contributed by atoms with van der Waals surface area (Å²) in [7, 11) is 5.73. The average Bonchev–Trinajstić information content (AvgIpc) is 2.76. The number of aromatic hydroxyl groups is 1. The Morgan fingerprint density at radius 3 is 1.80 bits per heavy atom. The molecule has 3 rings (SSSR count). The van der Waals surface area contributed by atoms with E-state index < -0.39 is 0 Å². The van der Waals surface area contributed by atoms with Gasteiger partial charge in [0.05, 0.1) is 7.11 Å². The zero-order valence-corrected chi connectivity index (χ0v) is 18.1. The van der Waals surface area contributed by atoms with Crippen LogP contribution in [0.1, 0.15) is 23.6 Å². The summed E-state index contributed by atoms with van der Waals surface area (Å²) < 4.78 is 11.1. The number of ether oxygens (including phenoxy) is 2. The van der Waals surface area contributed by atoms with Gasteiger partial charge in [-0.3, -0.25) is 0 Å². The van der Waals surface area contributed by atoms with Gasteiger partial charge < -0.3 is 19.5 Å². The van der Waals surface area contributed by atoms with Crippen LogP contribution in [0.3, 0.4) is 0 Å². The van der Waals surface area contributed by atoms with Gasteiger partial charge >= 0.3 is 0 Å². The predicted octanol–water partition coefficient (Wildman–Crippen LogP) is 5.32. The van der Waals surface area contributed by atoms with Crippen LogP contribution in [0.25, 0.3) is 11.1 Å². The van der Waals surface area contributed by atoms with Crippen LogP contribution >= 0.6 is 0 Å². The van der Waals surface area contributed by atoms with Crippen LogP contribution in [-0.4, -0.2) is 44.4 Å². The van der Waals surface area contributed by atoms with Gasteiger partial charge in [-0.15, -0.1) is 0 Å². The molecule has 0 bridgehead atoms. The van der Waals surface area contributed by atoms with E-state index in [2.05, 4.69) is 36.1 Å². The molecule has 0 aliphatic heterocycles. The molecule has 0 atom stereocenters. The molecule has 156 valence electrons. The van der Waals surface area contributed by atoms with E-state index >= 15 is 0 Å². The van der Waals surface area contributed by atoms with Crippen LogP contribution in [0.5, 0.6) is 17.2 Å². The van der Waals surface area contributed by atoms with Gasteiger partial charge in [-0.05, 0) is 85.3 Å². The highest BCUT2D eigenvalue weighted by Gasteiger charge is 2.12. The maximum absolute atomic E-state index is 9.73. The van der Waals surface area contributed by atoms with E-state index in [0.717, 1.165) is 45.9 Å². The van der Waals surface area contributed by atoms with Crippen molar-refractivity contribution in [3.8, 4) is 17.2 Å². The van der Waals surface area contributed by atoms with E-state index in [9.17, 15) is 5.11 Å². The first-order chi connectivity index (χ1) is 14.5. The number of phenols is 1. The lowest BCUT2D eigenvalue weighted by molar-refractivity contribution is 0.261. The monoisotopic (exact) mass is 403 g/mol. The van der Waals surface area contributed by atoms with Gasteiger partial charge in [0.1, 0.15) is 23.9 Å². The molecule has 0 radical (unpaired) electrons. The van der Waals surface area contributed by atoms with Crippen LogP contribution in [0, 0.1) is 0 Å². The molecule has 0 heterocycles. The third-order valence-corrected chi connectivity index (χ3v) is 5.00. The average molecular weight is 404 g/mol. The third-order valence-electron chi connectivity index (χ3n) is 5.00. The number of hydrogen-bond acceptors (Lipinski definition) is 4. The Hall–Kier alpha value is -3.24. The largest absolute Gasteiger partial charge is 0.508 e. The highest BCUT2D eigenvalue weighted by atomic mass is 16.5. The van der Waals surface area contributed by atoms with Crippen molar-refractivity contribution in [3.05, 3.63) is 89.5 Å². The second kappa shape index (κ2) is 9.99. The molecule has 0 aliphatic rings. The summed E-state index contributed by atoms with van der Waals surface area (Å²) in [5.74, 6) is 1.94. The fourth-order valence-electron chi connectivity index (χ4n) is 3.28. The zero-order valence-electron chi connectivity index (χ0n) is 18.1. The number of hydrogen-bond donors (Lipinski definition) is 1. The van der Waals surface area contributed by atoms with E-state index in [0.29, 0.717) is 6.61 Å². The normalized spacial score (nSPS) is 11.9. The van der Waals surface area contributed by atoms with Gasteiger partial charge in [0.15, 0.2) is 0 Å². The minimum absolute atomic E-state index is 0.254. The number of rotatable bonds is 8. The van der Waals surface area contributed by atoms with Crippen LogP contribution in [0.15, 0.2) is 72.8 Å². The standard InChI is InChI=1S/C26H29NO3/c1-19(20-7-13-24(29-4)14-8-20)26(21-5-11-23(28)12-6-21)22-9-15-25(16-10-22)30-18-17-27(2)3/h5-16,28H,17-18H2,1-4H3/b26-19-. The highest BCUT2D eigenvalue weighted by Crippen LogP contribution is 2.34. The van der Waals surface area contributed by atoms with E-state index in [1.165, 1.54) is 0 Å². The first kappa shape index (κ1) is 21.5. The number of nitrogens with zero attached hydrogens (tertiary/aromatic N) is 1. The van der Waals surface area contributed by atoms with Crippen LogP contribution in [0.2, 0.25) is 0 Å². The maximum Gasteiger partial charge on any atom is 0.119 e. The Labute approximate surface area is 179 Å². The molecule has 3 aromatic carbocycles. The van der Waals surface area contributed by atoms with Gasteiger partial charge in [-0.25, -0.2) is 0 Å². The molecule has 1 N–H and O–H groups in total. The molecule has 3 aromatic rings. The second-order valence-electron chi connectivity index (χ2n) is 7.45. The number of benzene rings is 3. The fourth-order valence-corrected chi connectivity index (χ4v) is 3.28. The molecule has 0 amide bonds. The minimum atomic E-state index is 0.254. The molecule has 0 spiro atoms. The first-order valence-electron chi connectivity index (χ1n) is 10.0. The number of phenolic OH excluding ortho intramolecular Hbond substituents is 1. The Kier molecular flexibility index (Phi) is 7.15. The summed E-state index contributed by atoms with van der Waals surface area (Å²) in [5, 5.41) is 9.73. The number of likely N-dealkylation sites (N-methyl/N-ethyl adjacent to an activating group) is 1. The lowest BCUT2D eigenvalue weighted by atomic mass is 9.90. The van der Waals surface area contributed by atoms with Gasteiger partial charge in [0.25, 0.3) is 0 Å². The molecule has 0 aromatic heterocycles. The lowest BCUT2D eigenvalue weighted by Crippen LogP contribution is -2.19. The Balaban J connectivity index is 1.98. The van der Waals surface area contributed by atoms with Crippen molar-refractivity contribution >= 4 is 11.1 Å². The molecule has 30 heavy (non-hydrogen) atoms. The van der Waals surface area contributed by atoms with Crippen LogP contribution < -0.4 is 9.47 Å². The van der Waals surface area contributed by atoms with Crippen LogP contribution in [-0.2, 0) is 0 Å². The topological polar surface area (TPSA) is 41.9 Å². The predicted molar refractivity (Wildman–Crippen MR) is 123 cm³/mol. The van der Waals surface area contributed by atoms with Crippen molar-refractivity contribution in [2.45, 2.75) is 6.92 Å². The van der Waals surface area contributed by atoms with Gasteiger partial charge in [-0.1, -0.05) is 36.4 Å². The van der Waals surface area contributed by atoms with Crippen molar-refractivity contribution < 1.29 is 14.6 Å². The van der Waals surface area contributed by atoms with Crippen molar-refractivity contribution in [2.24, 2.45) is 0 Å². The Morgan fingerprint density at radius 2 is 1.27 bits per heavy atom. The van der Waals surface area contributed by atoms with E-state index in [1.807, 2.05) is 50.5 Å². The SMILES string of the molecule is COc1ccc(/C(C)=C(/c2ccc(O)cc2)c2ccc(OCCN(C)C)cc2)cc1. The highest BCUT2D eigenvalue weighted by molar-refractivity contribution is 5.98. The fraction of sp³-hybridized carbons (Fsp3) is 0.231. The molecule has 0 fully saturated rings. The first-order valence-corrected chi connectivity index (χ1v) is 10.0. The summed E-state index contributed by atoms with van der Waals surface area (Å²) in [5.41, 5.74) is 5.51. The molecular formula is C26H29NO3. The quantitative estimate of drug-likeness (QED) is 0.517. The lowest BCUT2D eigenvalue weighted by Gasteiger charge is -2.16.